The van der Waals surface area contributed by atoms with E-state index in [9.17, 15) is 4.79 Å². The molecule has 0 bridgehead atoms. The second-order valence-corrected chi connectivity index (χ2v) is 8.77. The number of unbranched alkanes of at least 4 members (excludes halogenated alkanes) is 12. The molecule has 1 unspecified atom stereocenters. The Morgan fingerprint density at radius 1 is 0.815 bits per heavy atom. The van der Waals surface area contributed by atoms with Crippen molar-refractivity contribution in [1.82, 2.24) is 0 Å². The quantitative estimate of drug-likeness (QED) is 0.187. The van der Waals surface area contributed by atoms with E-state index in [0.717, 1.165) is 12.8 Å². The number of carbonyl (C=O) groups is 1. The molecule has 154 valence electrons. The second kappa shape index (κ2) is 15.7. The number of rotatable bonds is 16. The van der Waals surface area contributed by atoms with E-state index in [2.05, 4.69) is 6.92 Å². The van der Waals surface area contributed by atoms with Crippen LogP contribution in [0.1, 0.15) is 108 Å². The van der Waals surface area contributed by atoms with Gasteiger partial charge in [-0.2, -0.15) is 0 Å². The van der Waals surface area contributed by atoms with Crippen molar-refractivity contribution in [1.29, 1.82) is 0 Å². The van der Waals surface area contributed by atoms with E-state index in [1.54, 1.807) is 18.2 Å². The number of Topliss-reactive ketones (excluding diaryl/α,β-unsaturated/α-hetero) is 1. The van der Waals surface area contributed by atoms with E-state index in [1.807, 2.05) is 0 Å². The van der Waals surface area contributed by atoms with Crippen LogP contribution in [0, 0.1) is 0 Å². The van der Waals surface area contributed by atoms with E-state index in [4.69, 9.17) is 34.8 Å². The van der Waals surface area contributed by atoms with Gasteiger partial charge in [-0.25, -0.2) is 0 Å². The summed E-state index contributed by atoms with van der Waals surface area (Å²) in [6.07, 6.45) is 17.4. The summed E-state index contributed by atoms with van der Waals surface area (Å²) in [5, 5.41) is 0.338. The average Bonchev–Trinajstić information content (AvgIpc) is 2.64. The van der Waals surface area contributed by atoms with Gasteiger partial charge in [0, 0.05) is 16.5 Å². The molecule has 0 N–H and O–H groups in total. The van der Waals surface area contributed by atoms with Crippen LogP contribution in [-0.2, 0) is 4.79 Å². The Balaban J connectivity index is 2.01. The minimum absolute atomic E-state index is 0.0453. The van der Waals surface area contributed by atoms with Crippen molar-refractivity contribution < 1.29 is 4.79 Å². The Labute approximate surface area is 181 Å². The van der Waals surface area contributed by atoms with Gasteiger partial charge in [-0.15, -0.1) is 11.6 Å². The Kier molecular flexibility index (Phi) is 14.4. The fourth-order valence-electron chi connectivity index (χ4n) is 3.32. The molecule has 0 aliphatic rings. The fourth-order valence-corrected chi connectivity index (χ4v) is 4.20. The van der Waals surface area contributed by atoms with Crippen LogP contribution in [-0.4, -0.2) is 5.78 Å². The van der Waals surface area contributed by atoms with Gasteiger partial charge < -0.3 is 0 Å². The van der Waals surface area contributed by atoms with Gasteiger partial charge in [-0.1, -0.05) is 113 Å². The van der Waals surface area contributed by atoms with Crippen LogP contribution in [0.5, 0.6) is 0 Å². The first kappa shape index (κ1) is 24.8. The van der Waals surface area contributed by atoms with Crippen molar-refractivity contribution in [2.45, 2.75) is 102 Å². The molecule has 1 nitrogen and oxygen atoms in total. The van der Waals surface area contributed by atoms with Crippen LogP contribution >= 0.6 is 34.8 Å². The summed E-state index contributed by atoms with van der Waals surface area (Å²) in [6.45, 7) is 2.26. The van der Waals surface area contributed by atoms with Crippen LogP contribution in [0.3, 0.4) is 0 Å². The van der Waals surface area contributed by atoms with Gasteiger partial charge in [0.15, 0.2) is 5.78 Å². The average molecular weight is 434 g/mol. The number of ketones is 1. The molecule has 27 heavy (non-hydrogen) atoms. The van der Waals surface area contributed by atoms with E-state index in [0.29, 0.717) is 22.0 Å². The molecular weight excluding hydrogens is 399 g/mol. The summed E-state index contributed by atoms with van der Waals surface area (Å²) in [5.41, 5.74) is 0.655. The van der Waals surface area contributed by atoms with Crippen molar-refractivity contribution in [2.75, 3.05) is 0 Å². The second-order valence-electron chi connectivity index (χ2n) is 7.49. The van der Waals surface area contributed by atoms with Gasteiger partial charge in [-0.05, 0) is 24.1 Å². The highest BCUT2D eigenvalue weighted by Crippen LogP contribution is 2.31. The maximum atomic E-state index is 12.3. The highest BCUT2D eigenvalue weighted by Gasteiger charge is 2.19. The normalized spacial score (nSPS) is 12.3. The molecule has 0 heterocycles. The lowest BCUT2D eigenvalue weighted by molar-refractivity contribution is -0.118. The molecule has 0 aromatic heterocycles. The number of carbonyl (C=O) groups excluding carboxylic acids is 1. The number of alkyl halides is 1. The minimum atomic E-state index is -0.674. The van der Waals surface area contributed by atoms with Gasteiger partial charge in [0.05, 0.1) is 0 Å². The molecule has 0 fully saturated rings. The third-order valence-corrected chi connectivity index (χ3v) is 6.09. The third kappa shape index (κ3) is 11.4. The van der Waals surface area contributed by atoms with E-state index >= 15 is 0 Å². The van der Waals surface area contributed by atoms with Crippen molar-refractivity contribution in [3.63, 3.8) is 0 Å². The topological polar surface area (TPSA) is 17.1 Å². The first-order valence-corrected chi connectivity index (χ1v) is 11.9. The Morgan fingerprint density at radius 3 is 1.78 bits per heavy atom. The maximum absolute atomic E-state index is 12.3. The summed E-state index contributed by atoms with van der Waals surface area (Å²) in [4.78, 5) is 12.3. The van der Waals surface area contributed by atoms with E-state index < -0.39 is 5.38 Å². The van der Waals surface area contributed by atoms with Gasteiger partial charge in [0.2, 0.25) is 0 Å². The molecule has 0 saturated carbocycles. The zero-order chi connectivity index (χ0) is 19.9. The van der Waals surface area contributed by atoms with Crippen LogP contribution in [0.2, 0.25) is 10.0 Å². The molecule has 0 aliphatic heterocycles. The molecule has 4 heteroatoms. The predicted molar refractivity (Wildman–Crippen MR) is 120 cm³/mol. The molecule has 1 atom stereocenters. The zero-order valence-electron chi connectivity index (χ0n) is 16.8. The minimum Gasteiger partial charge on any atom is -0.298 e. The van der Waals surface area contributed by atoms with E-state index in [-0.39, 0.29) is 5.78 Å². The SMILES string of the molecule is CCCCCCCCCCCCCCCC(=O)C(Cl)c1ccc(Cl)cc1Cl. The lowest BCUT2D eigenvalue weighted by atomic mass is 10.0. The predicted octanol–water partition coefficient (Wildman–Crippen LogP) is 9.32. The van der Waals surface area contributed by atoms with Gasteiger partial charge in [0.1, 0.15) is 5.38 Å². The number of hydrogen-bond acceptors (Lipinski definition) is 1. The summed E-state index contributed by atoms with van der Waals surface area (Å²) in [6, 6.07) is 5.09. The Hall–Kier alpha value is -0.240. The standard InChI is InChI=1S/C23H35Cl3O/c1-2-3-4-5-6-7-8-9-10-11-12-13-14-15-22(27)23(26)20-17-16-19(24)18-21(20)25/h16-18,23H,2-15H2,1H3. The molecule has 0 spiro atoms. The van der Waals surface area contributed by atoms with Crippen LogP contribution in [0.4, 0.5) is 0 Å². The fraction of sp³-hybridized carbons (Fsp3) is 0.696. The number of hydrogen-bond donors (Lipinski definition) is 0. The van der Waals surface area contributed by atoms with Crippen LogP contribution in [0.25, 0.3) is 0 Å². The lowest BCUT2D eigenvalue weighted by Crippen LogP contribution is -2.07. The Morgan fingerprint density at radius 2 is 1.30 bits per heavy atom. The van der Waals surface area contributed by atoms with Crippen molar-refractivity contribution in [3.05, 3.63) is 33.8 Å². The van der Waals surface area contributed by atoms with E-state index in [1.165, 1.54) is 70.6 Å². The van der Waals surface area contributed by atoms with Crippen molar-refractivity contribution >= 4 is 40.6 Å². The summed E-state index contributed by atoms with van der Waals surface area (Å²) >= 11 is 18.3. The molecule has 1 aromatic rings. The molecule has 1 rings (SSSR count). The largest absolute Gasteiger partial charge is 0.298 e. The molecule has 0 saturated heterocycles. The molecule has 1 aromatic carbocycles. The van der Waals surface area contributed by atoms with Crippen molar-refractivity contribution in [3.8, 4) is 0 Å². The van der Waals surface area contributed by atoms with Crippen molar-refractivity contribution in [2.24, 2.45) is 0 Å². The maximum Gasteiger partial charge on any atom is 0.155 e. The Bertz CT molecular complexity index is 530. The first-order valence-electron chi connectivity index (χ1n) is 10.7. The first-order chi connectivity index (χ1) is 13.1. The summed E-state index contributed by atoms with van der Waals surface area (Å²) in [5.74, 6) is 0.0453. The smallest absolute Gasteiger partial charge is 0.155 e. The number of benzene rings is 1. The van der Waals surface area contributed by atoms with Crippen LogP contribution < -0.4 is 0 Å². The highest BCUT2D eigenvalue weighted by molar-refractivity contribution is 6.37. The van der Waals surface area contributed by atoms with Crippen LogP contribution in [0.15, 0.2) is 18.2 Å². The molecule has 0 aliphatic carbocycles. The van der Waals surface area contributed by atoms with Gasteiger partial charge in [0.25, 0.3) is 0 Å². The summed E-state index contributed by atoms with van der Waals surface area (Å²) in [7, 11) is 0. The summed E-state index contributed by atoms with van der Waals surface area (Å²) < 4.78 is 0. The van der Waals surface area contributed by atoms with Gasteiger partial charge in [-0.3, -0.25) is 4.79 Å². The third-order valence-electron chi connectivity index (χ3n) is 5.04. The van der Waals surface area contributed by atoms with Gasteiger partial charge >= 0.3 is 0 Å². The molecule has 0 amide bonds. The molecule has 0 radical (unpaired) electrons. The lowest BCUT2D eigenvalue weighted by Gasteiger charge is -2.11. The highest BCUT2D eigenvalue weighted by atomic mass is 35.5. The molecular formula is C23H35Cl3O. The zero-order valence-corrected chi connectivity index (χ0v) is 19.0. The number of halogens is 3. The monoisotopic (exact) mass is 432 g/mol.